The summed E-state index contributed by atoms with van der Waals surface area (Å²) < 4.78 is 7.43. The van der Waals surface area contributed by atoms with Crippen molar-refractivity contribution in [2.75, 3.05) is 19.9 Å². The second-order valence-corrected chi connectivity index (χ2v) is 8.39. The van der Waals surface area contributed by atoms with Crippen LogP contribution < -0.4 is 4.74 Å². The second-order valence-electron chi connectivity index (χ2n) is 7.45. The van der Waals surface area contributed by atoms with Crippen LogP contribution in [0.25, 0.3) is 10.8 Å². The molecule has 1 aromatic heterocycles. The van der Waals surface area contributed by atoms with Gasteiger partial charge >= 0.3 is 0 Å². The van der Waals surface area contributed by atoms with Crippen LogP contribution in [0.4, 0.5) is 0 Å². The fourth-order valence-corrected chi connectivity index (χ4v) is 4.39. The molecule has 0 atom stereocenters. The topological polar surface area (TPSA) is 60.2 Å². The number of benzene rings is 2. The molecule has 1 aliphatic carbocycles. The molecule has 7 heteroatoms. The summed E-state index contributed by atoms with van der Waals surface area (Å²) in [4.78, 5) is 14.4. The molecule has 0 aliphatic heterocycles. The third-order valence-corrected chi connectivity index (χ3v) is 6.24. The Morgan fingerprint density at radius 3 is 2.69 bits per heavy atom. The zero-order valence-electron chi connectivity index (χ0n) is 17.1. The highest BCUT2D eigenvalue weighted by Crippen LogP contribution is 2.40. The molecule has 0 saturated heterocycles. The first kappa shape index (κ1) is 19.8. The van der Waals surface area contributed by atoms with Gasteiger partial charge in [0, 0.05) is 26.1 Å². The summed E-state index contributed by atoms with van der Waals surface area (Å²) in [5, 5.41) is 11.8. The largest absolute Gasteiger partial charge is 0.497 e. The first-order valence-electron chi connectivity index (χ1n) is 9.95. The monoisotopic (exact) mass is 410 g/mol. The zero-order valence-corrected chi connectivity index (χ0v) is 17.9. The Morgan fingerprint density at radius 2 is 1.97 bits per heavy atom. The predicted octanol–water partition coefficient (Wildman–Crippen LogP) is 4.09. The van der Waals surface area contributed by atoms with E-state index in [1.165, 1.54) is 24.6 Å². The van der Waals surface area contributed by atoms with Crippen molar-refractivity contribution in [3.8, 4) is 5.75 Å². The highest BCUT2D eigenvalue weighted by Gasteiger charge is 2.30. The van der Waals surface area contributed by atoms with Gasteiger partial charge in [-0.1, -0.05) is 30.0 Å². The molecule has 0 bridgehead atoms. The van der Waals surface area contributed by atoms with E-state index in [0.717, 1.165) is 39.6 Å². The molecular formula is C22H26N4O2S. The number of amides is 1. The first-order valence-corrected chi connectivity index (χ1v) is 10.9. The molecular weight excluding hydrogens is 384 g/mol. The van der Waals surface area contributed by atoms with E-state index in [0.29, 0.717) is 18.2 Å². The van der Waals surface area contributed by atoms with Crippen LogP contribution in [0.1, 0.15) is 37.1 Å². The normalized spacial score (nSPS) is 13.6. The average Bonchev–Trinajstić information content (AvgIpc) is 3.50. The number of thioether (sulfide) groups is 1. The summed E-state index contributed by atoms with van der Waals surface area (Å²) in [6.07, 6.45) is 2.39. The van der Waals surface area contributed by atoms with E-state index in [1.54, 1.807) is 12.0 Å². The van der Waals surface area contributed by atoms with Gasteiger partial charge in [0.25, 0.3) is 0 Å². The lowest BCUT2D eigenvalue weighted by Gasteiger charge is -2.17. The molecule has 2 aromatic carbocycles. The van der Waals surface area contributed by atoms with Gasteiger partial charge < -0.3 is 14.2 Å². The molecule has 1 heterocycles. The first-order chi connectivity index (χ1) is 14.1. The predicted molar refractivity (Wildman–Crippen MR) is 115 cm³/mol. The minimum absolute atomic E-state index is 0.0865. The summed E-state index contributed by atoms with van der Waals surface area (Å²) in [5.41, 5.74) is 1.11. The number of fused-ring (bicyclic) bond motifs is 1. The Labute approximate surface area is 175 Å². The molecule has 0 unspecified atom stereocenters. The van der Waals surface area contributed by atoms with Crippen molar-refractivity contribution in [3.63, 3.8) is 0 Å². The Bertz CT molecular complexity index is 1030. The lowest BCUT2D eigenvalue weighted by atomic mass is 10.1. The number of hydrogen-bond acceptors (Lipinski definition) is 5. The molecule has 0 spiro atoms. The Balaban J connectivity index is 1.37. The minimum atomic E-state index is 0.0865. The number of rotatable bonds is 8. The van der Waals surface area contributed by atoms with Crippen LogP contribution in [0.2, 0.25) is 0 Å². The fourth-order valence-electron chi connectivity index (χ4n) is 3.44. The molecule has 0 radical (unpaired) electrons. The van der Waals surface area contributed by atoms with Crippen molar-refractivity contribution in [2.24, 2.45) is 0 Å². The van der Waals surface area contributed by atoms with Crippen molar-refractivity contribution < 1.29 is 9.53 Å². The highest BCUT2D eigenvalue weighted by atomic mass is 32.2. The van der Waals surface area contributed by atoms with Crippen molar-refractivity contribution >= 4 is 28.4 Å². The van der Waals surface area contributed by atoms with Gasteiger partial charge in [0.2, 0.25) is 5.91 Å². The lowest BCUT2D eigenvalue weighted by molar-refractivity contribution is -0.127. The molecule has 29 heavy (non-hydrogen) atoms. The Kier molecular flexibility index (Phi) is 5.76. The number of nitrogens with zero attached hydrogens (tertiary/aromatic N) is 4. The molecule has 1 amide bonds. The fraction of sp³-hybridized carbons (Fsp3) is 0.409. The molecule has 0 N–H and O–H groups in total. The smallest absolute Gasteiger partial charge is 0.233 e. The van der Waals surface area contributed by atoms with Gasteiger partial charge in [-0.2, -0.15) is 0 Å². The van der Waals surface area contributed by atoms with Crippen LogP contribution in [0.15, 0.2) is 41.6 Å². The van der Waals surface area contributed by atoms with E-state index in [1.807, 2.05) is 25.2 Å². The van der Waals surface area contributed by atoms with Crippen LogP contribution in [0.3, 0.4) is 0 Å². The molecule has 1 aliphatic rings. The summed E-state index contributed by atoms with van der Waals surface area (Å²) in [6.45, 7) is 3.52. The van der Waals surface area contributed by atoms with Crippen LogP contribution in [0, 0.1) is 0 Å². The van der Waals surface area contributed by atoms with Crippen LogP contribution in [-0.4, -0.2) is 45.5 Å². The lowest BCUT2D eigenvalue weighted by Crippen LogP contribution is -2.27. The average molecular weight is 411 g/mol. The van der Waals surface area contributed by atoms with Gasteiger partial charge in [0.15, 0.2) is 5.16 Å². The summed E-state index contributed by atoms with van der Waals surface area (Å²) in [6, 6.07) is 12.3. The van der Waals surface area contributed by atoms with Gasteiger partial charge in [0.05, 0.1) is 12.9 Å². The summed E-state index contributed by atoms with van der Waals surface area (Å²) in [5.74, 6) is 2.93. The van der Waals surface area contributed by atoms with Gasteiger partial charge in [-0.05, 0) is 54.3 Å². The summed E-state index contributed by atoms with van der Waals surface area (Å²) >= 11 is 1.48. The van der Waals surface area contributed by atoms with Gasteiger partial charge in [0.1, 0.15) is 11.6 Å². The molecule has 1 fully saturated rings. The van der Waals surface area contributed by atoms with E-state index >= 15 is 0 Å². The highest BCUT2D eigenvalue weighted by molar-refractivity contribution is 7.99. The Morgan fingerprint density at radius 1 is 1.21 bits per heavy atom. The van der Waals surface area contributed by atoms with E-state index in [-0.39, 0.29) is 5.91 Å². The van der Waals surface area contributed by atoms with Crippen molar-refractivity contribution in [1.82, 2.24) is 19.7 Å². The van der Waals surface area contributed by atoms with E-state index in [2.05, 4.69) is 39.9 Å². The molecule has 6 nitrogen and oxygen atoms in total. The summed E-state index contributed by atoms with van der Waals surface area (Å²) in [7, 11) is 3.52. The zero-order chi connectivity index (χ0) is 20.4. The minimum Gasteiger partial charge on any atom is -0.497 e. The number of methoxy groups -OCH3 is 1. The second kappa shape index (κ2) is 8.45. The molecule has 152 valence electrons. The standard InChI is InChI=1S/C22H26N4O2S/c1-4-26-21(16-7-8-16)23-24-22(26)29-14-20(27)25(2)13-15-5-6-18-12-19(28-3)10-9-17(18)11-15/h5-6,9-12,16H,4,7-8,13-14H2,1-3H3. The van der Waals surface area contributed by atoms with Crippen LogP contribution >= 0.6 is 11.8 Å². The molecule has 1 saturated carbocycles. The van der Waals surface area contributed by atoms with Crippen molar-refractivity contribution in [2.45, 2.75) is 43.9 Å². The number of carbonyl (C=O) groups is 1. The molecule has 3 aromatic rings. The van der Waals surface area contributed by atoms with Crippen molar-refractivity contribution in [1.29, 1.82) is 0 Å². The van der Waals surface area contributed by atoms with Crippen LogP contribution in [0.5, 0.6) is 5.75 Å². The number of ether oxygens (including phenoxy) is 1. The van der Waals surface area contributed by atoms with Crippen LogP contribution in [-0.2, 0) is 17.9 Å². The van der Waals surface area contributed by atoms with Crippen molar-refractivity contribution in [3.05, 3.63) is 47.8 Å². The maximum Gasteiger partial charge on any atom is 0.233 e. The van der Waals surface area contributed by atoms with Gasteiger partial charge in [-0.25, -0.2) is 0 Å². The van der Waals surface area contributed by atoms with E-state index in [9.17, 15) is 4.79 Å². The van der Waals surface area contributed by atoms with E-state index in [4.69, 9.17) is 4.74 Å². The van der Waals surface area contributed by atoms with Gasteiger partial charge in [-0.15, -0.1) is 10.2 Å². The van der Waals surface area contributed by atoms with Gasteiger partial charge in [-0.3, -0.25) is 4.79 Å². The number of hydrogen-bond donors (Lipinski definition) is 0. The maximum atomic E-state index is 12.7. The van der Waals surface area contributed by atoms with E-state index < -0.39 is 0 Å². The third-order valence-electron chi connectivity index (χ3n) is 5.29. The third kappa shape index (κ3) is 4.40. The number of aromatic nitrogens is 3. The number of carbonyl (C=O) groups excluding carboxylic acids is 1. The Hall–Kier alpha value is -2.54. The maximum absolute atomic E-state index is 12.7. The quantitative estimate of drug-likeness (QED) is 0.524. The molecule has 4 rings (SSSR count). The SMILES string of the molecule is CCn1c(SCC(=O)N(C)Cc2ccc3cc(OC)ccc3c2)nnc1C1CC1.